The number of carbonyl (C=O) groups excluding carboxylic acids is 1. The van der Waals surface area contributed by atoms with E-state index < -0.39 is 0 Å². The molecule has 0 saturated carbocycles. The number of hydrogen-bond acceptors (Lipinski definition) is 3. The van der Waals surface area contributed by atoms with Crippen molar-refractivity contribution in [3.05, 3.63) is 63.6 Å². The van der Waals surface area contributed by atoms with Gasteiger partial charge in [0.2, 0.25) is 5.91 Å². The van der Waals surface area contributed by atoms with Crippen LogP contribution in [0.4, 0.5) is 4.39 Å². The molecule has 0 fully saturated rings. The molecule has 0 bridgehead atoms. The van der Waals surface area contributed by atoms with Crippen molar-refractivity contribution in [1.29, 1.82) is 0 Å². The Kier molecular flexibility index (Phi) is 4.51. The first-order valence-corrected chi connectivity index (χ1v) is 9.13. The highest BCUT2D eigenvalue weighted by Gasteiger charge is 2.19. The lowest BCUT2D eigenvalue weighted by atomic mass is 10.1. The highest BCUT2D eigenvalue weighted by atomic mass is 19.1. The number of halogens is 1. The largest absolute Gasteiger partial charge is 0.350 e. The van der Waals surface area contributed by atoms with Crippen molar-refractivity contribution in [2.75, 3.05) is 0 Å². The Hall–Kier alpha value is -2.96. The molecule has 3 heterocycles. The topological polar surface area (TPSA) is 68.9 Å². The summed E-state index contributed by atoms with van der Waals surface area (Å²) in [6.07, 6.45) is 2.83. The highest BCUT2D eigenvalue weighted by molar-refractivity contribution is 5.81. The van der Waals surface area contributed by atoms with Crippen LogP contribution in [0.15, 0.2) is 35.1 Å². The number of aryl methyl sites for hydroxylation is 2. The first-order valence-electron chi connectivity index (χ1n) is 9.13. The summed E-state index contributed by atoms with van der Waals surface area (Å²) in [6.45, 7) is 2.91. The Morgan fingerprint density at radius 3 is 2.81 bits per heavy atom. The second kappa shape index (κ2) is 6.98. The van der Waals surface area contributed by atoms with Gasteiger partial charge in [-0.25, -0.2) is 9.37 Å². The van der Waals surface area contributed by atoms with Crippen LogP contribution in [0.5, 0.6) is 0 Å². The second-order valence-electron chi connectivity index (χ2n) is 6.95. The maximum atomic E-state index is 13.0. The summed E-state index contributed by atoms with van der Waals surface area (Å²) in [5.41, 5.74) is 2.70. The fourth-order valence-corrected chi connectivity index (χ4v) is 3.59. The van der Waals surface area contributed by atoms with Gasteiger partial charge in [-0.2, -0.15) is 0 Å². The molecule has 140 valence electrons. The molecule has 0 unspecified atom stereocenters. The molecule has 1 aliphatic heterocycles. The van der Waals surface area contributed by atoms with Crippen molar-refractivity contribution in [1.82, 2.24) is 19.4 Å². The molecule has 27 heavy (non-hydrogen) atoms. The van der Waals surface area contributed by atoms with Gasteiger partial charge in [0, 0.05) is 25.2 Å². The van der Waals surface area contributed by atoms with Crippen LogP contribution in [-0.2, 0) is 30.8 Å². The first-order chi connectivity index (χ1) is 13.0. The average Bonchev–Trinajstić information content (AvgIpc) is 2.97. The monoisotopic (exact) mass is 368 g/mol. The molecule has 1 amide bonds. The lowest BCUT2D eigenvalue weighted by Crippen LogP contribution is -2.31. The van der Waals surface area contributed by atoms with Crippen molar-refractivity contribution in [2.45, 2.75) is 45.8 Å². The van der Waals surface area contributed by atoms with Crippen molar-refractivity contribution in [3.63, 3.8) is 0 Å². The Bertz CT molecular complexity index is 1070. The van der Waals surface area contributed by atoms with E-state index in [4.69, 9.17) is 0 Å². The normalized spacial score (nSPS) is 13.6. The van der Waals surface area contributed by atoms with Crippen LogP contribution in [-0.4, -0.2) is 20.0 Å². The van der Waals surface area contributed by atoms with E-state index >= 15 is 0 Å². The van der Waals surface area contributed by atoms with E-state index in [0.717, 1.165) is 36.3 Å². The number of aromatic nitrogens is 3. The summed E-state index contributed by atoms with van der Waals surface area (Å²) in [5.74, 6) is 0.314. The summed E-state index contributed by atoms with van der Waals surface area (Å²) < 4.78 is 16.4. The Labute approximate surface area is 155 Å². The molecule has 0 aliphatic carbocycles. The second-order valence-corrected chi connectivity index (χ2v) is 6.95. The number of fused-ring (bicyclic) bond motifs is 2. The fraction of sp³-hybridized carbons (Fsp3) is 0.350. The maximum Gasteiger partial charge on any atom is 0.278 e. The third-order valence-electron chi connectivity index (χ3n) is 5.03. The molecule has 0 saturated heterocycles. The fourth-order valence-electron chi connectivity index (χ4n) is 3.59. The quantitative estimate of drug-likeness (QED) is 0.768. The van der Waals surface area contributed by atoms with Crippen LogP contribution in [0.25, 0.3) is 11.0 Å². The minimum absolute atomic E-state index is 0.0484. The highest BCUT2D eigenvalue weighted by Crippen LogP contribution is 2.18. The van der Waals surface area contributed by atoms with E-state index in [1.807, 2.05) is 13.0 Å². The number of carbonyl (C=O) groups is 1. The Balaban J connectivity index is 1.58. The van der Waals surface area contributed by atoms with Gasteiger partial charge in [0.15, 0.2) is 0 Å². The summed E-state index contributed by atoms with van der Waals surface area (Å²) in [4.78, 5) is 30.0. The predicted molar refractivity (Wildman–Crippen MR) is 99.9 cm³/mol. The van der Waals surface area contributed by atoms with Gasteiger partial charge in [-0.05, 0) is 43.5 Å². The van der Waals surface area contributed by atoms with Crippen LogP contribution >= 0.6 is 0 Å². The molecule has 2 aromatic heterocycles. The summed E-state index contributed by atoms with van der Waals surface area (Å²) in [7, 11) is 0. The average molecular weight is 368 g/mol. The Morgan fingerprint density at radius 2 is 2.04 bits per heavy atom. The van der Waals surface area contributed by atoms with Crippen molar-refractivity contribution in [2.24, 2.45) is 0 Å². The number of rotatable bonds is 4. The zero-order chi connectivity index (χ0) is 19.0. The Morgan fingerprint density at radius 1 is 1.26 bits per heavy atom. The van der Waals surface area contributed by atoms with Crippen LogP contribution in [0.2, 0.25) is 0 Å². The van der Waals surface area contributed by atoms with E-state index in [2.05, 4.69) is 10.3 Å². The number of hydrogen-bond donors (Lipinski definition) is 1. The lowest BCUT2D eigenvalue weighted by Gasteiger charge is -2.17. The smallest absolute Gasteiger partial charge is 0.278 e. The molecular formula is C20H21FN4O2. The van der Waals surface area contributed by atoms with Crippen LogP contribution in [0.3, 0.4) is 0 Å². The molecule has 0 atom stereocenters. The van der Waals surface area contributed by atoms with Crippen LogP contribution < -0.4 is 10.9 Å². The number of benzene rings is 1. The van der Waals surface area contributed by atoms with Gasteiger partial charge in [0.1, 0.15) is 23.7 Å². The molecule has 7 heteroatoms. The first kappa shape index (κ1) is 17.5. The van der Waals surface area contributed by atoms with Gasteiger partial charge < -0.3 is 9.88 Å². The third kappa shape index (κ3) is 3.37. The SMILES string of the molecule is Cc1cc2nc3n(c(=O)c2n1CC(=O)NCc1ccc(F)cc1)CCCC3. The standard InChI is InChI=1S/C20H21FN4O2/c1-13-10-16-19(20(27)24-9-3-2-4-17(24)23-16)25(13)12-18(26)22-11-14-5-7-15(21)8-6-14/h5-8,10H,2-4,9,11-12H2,1H3,(H,22,26). The van der Waals surface area contributed by atoms with Crippen molar-refractivity contribution >= 4 is 16.9 Å². The number of nitrogens with one attached hydrogen (secondary N) is 1. The maximum absolute atomic E-state index is 13.0. The van der Waals surface area contributed by atoms with Gasteiger partial charge in [-0.15, -0.1) is 0 Å². The predicted octanol–water partition coefficient (Wildman–Crippen LogP) is 2.30. The van der Waals surface area contributed by atoms with Crippen molar-refractivity contribution in [3.8, 4) is 0 Å². The lowest BCUT2D eigenvalue weighted by molar-refractivity contribution is -0.121. The van der Waals surface area contributed by atoms with Gasteiger partial charge in [0.25, 0.3) is 5.56 Å². The van der Waals surface area contributed by atoms with Gasteiger partial charge in [-0.3, -0.25) is 14.2 Å². The third-order valence-corrected chi connectivity index (χ3v) is 5.03. The molecule has 3 aromatic rings. The number of amides is 1. The summed E-state index contributed by atoms with van der Waals surface area (Å²) in [5, 5.41) is 2.82. The van der Waals surface area contributed by atoms with Crippen molar-refractivity contribution < 1.29 is 9.18 Å². The zero-order valence-corrected chi connectivity index (χ0v) is 15.2. The van der Waals surface area contributed by atoms with Gasteiger partial charge in [-0.1, -0.05) is 12.1 Å². The van der Waals surface area contributed by atoms with E-state index in [1.54, 1.807) is 21.3 Å². The minimum Gasteiger partial charge on any atom is -0.350 e. The van der Waals surface area contributed by atoms with Crippen LogP contribution in [0, 0.1) is 12.7 Å². The molecule has 0 spiro atoms. The van der Waals surface area contributed by atoms with E-state index in [0.29, 0.717) is 24.1 Å². The molecule has 4 rings (SSSR count). The summed E-state index contributed by atoms with van der Waals surface area (Å²) in [6, 6.07) is 7.85. The molecule has 1 aromatic carbocycles. The van der Waals surface area contributed by atoms with E-state index in [-0.39, 0.29) is 23.8 Å². The zero-order valence-electron chi connectivity index (χ0n) is 15.2. The van der Waals surface area contributed by atoms with Gasteiger partial charge in [0.05, 0.1) is 5.52 Å². The van der Waals surface area contributed by atoms with Crippen LogP contribution in [0.1, 0.15) is 29.9 Å². The molecule has 1 aliphatic rings. The molecule has 1 N–H and O–H groups in total. The minimum atomic E-state index is -0.309. The molecule has 0 radical (unpaired) electrons. The summed E-state index contributed by atoms with van der Waals surface area (Å²) >= 11 is 0. The van der Waals surface area contributed by atoms with E-state index in [9.17, 15) is 14.0 Å². The van der Waals surface area contributed by atoms with E-state index in [1.165, 1.54) is 12.1 Å². The number of nitrogens with zero attached hydrogens (tertiary/aromatic N) is 3. The molecule has 6 nitrogen and oxygen atoms in total. The molecular weight excluding hydrogens is 347 g/mol. The van der Waals surface area contributed by atoms with Gasteiger partial charge >= 0.3 is 0 Å².